The van der Waals surface area contributed by atoms with Crippen LogP contribution in [-0.4, -0.2) is 4.98 Å². The van der Waals surface area contributed by atoms with Crippen LogP contribution in [-0.2, 0) is 6.61 Å². The molecular weight excluding hydrogens is 322 g/mol. The number of ether oxygens (including phenoxy) is 1. The zero-order valence-corrected chi connectivity index (χ0v) is 12.6. The fraction of sp³-hybridized carbons (Fsp3) is 0.133. The van der Waals surface area contributed by atoms with Crippen molar-refractivity contribution in [3.63, 3.8) is 0 Å². The van der Waals surface area contributed by atoms with Crippen LogP contribution in [0.25, 0.3) is 22.0 Å². The van der Waals surface area contributed by atoms with Gasteiger partial charge in [-0.1, -0.05) is 28.1 Å². The van der Waals surface area contributed by atoms with E-state index in [1.807, 2.05) is 13.0 Å². The molecule has 3 aromatic rings. The first-order chi connectivity index (χ1) is 9.24. The van der Waals surface area contributed by atoms with Gasteiger partial charge in [-0.2, -0.15) is 0 Å². The molecule has 1 aliphatic heterocycles. The third-order valence-corrected chi connectivity index (χ3v) is 5.01. The van der Waals surface area contributed by atoms with Gasteiger partial charge >= 0.3 is 0 Å². The lowest BCUT2D eigenvalue weighted by Crippen LogP contribution is -2.03. The summed E-state index contributed by atoms with van der Waals surface area (Å²) in [5.74, 6) is 0.934. The topological polar surface area (TPSA) is 22.1 Å². The summed E-state index contributed by atoms with van der Waals surface area (Å²) in [4.78, 5) is 5.92. The smallest absolute Gasteiger partial charge is 0.129 e. The lowest BCUT2D eigenvalue weighted by atomic mass is 9.99. The molecule has 0 bridgehead atoms. The monoisotopic (exact) mass is 331 g/mol. The molecule has 0 amide bonds. The van der Waals surface area contributed by atoms with E-state index in [-0.39, 0.29) is 0 Å². The maximum atomic E-state index is 5.87. The van der Waals surface area contributed by atoms with E-state index in [0.717, 1.165) is 26.5 Å². The van der Waals surface area contributed by atoms with E-state index >= 15 is 0 Å². The lowest BCUT2D eigenvalue weighted by Gasteiger charge is -2.18. The Kier molecular flexibility index (Phi) is 2.44. The number of hydrogen-bond donors (Lipinski definition) is 0. The number of nitrogens with zero attached hydrogens (tertiary/aromatic N) is 1. The molecule has 0 aliphatic carbocycles. The van der Waals surface area contributed by atoms with Gasteiger partial charge in [0.15, 0.2) is 0 Å². The molecule has 0 unspecified atom stereocenters. The molecule has 2 aromatic carbocycles. The molecule has 0 saturated heterocycles. The van der Waals surface area contributed by atoms with Crippen LogP contribution >= 0.6 is 27.3 Å². The van der Waals surface area contributed by atoms with Crippen LogP contribution in [0.4, 0.5) is 0 Å². The molecule has 0 N–H and O–H groups in total. The number of rotatable bonds is 0. The van der Waals surface area contributed by atoms with E-state index in [1.54, 1.807) is 11.3 Å². The molecule has 19 heavy (non-hydrogen) atoms. The summed E-state index contributed by atoms with van der Waals surface area (Å²) in [5, 5.41) is 3.48. The first-order valence-electron chi connectivity index (χ1n) is 6.05. The van der Waals surface area contributed by atoms with Crippen molar-refractivity contribution in [2.75, 3.05) is 0 Å². The van der Waals surface area contributed by atoms with Gasteiger partial charge in [0.1, 0.15) is 12.4 Å². The first kappa shape index (κ1) is 11.4. The minimum atomic E-state index is 0.632. The summed E-state index contributed by atoms with van der Waals surface area (Å²) in [6.45, 7) is 2.68. The van der Waals surface area contributed by atoms with Crippen molar-refractivity contribution in [2.45, 2.75) is 13.5 Å². The van der Waals surface area contributed by atoms with E-state index in [1.165, 1.54) is 15.6 Å². The Morgan fingerprint density at radius 1 is 1.21 bits per heavy atom. The minimum Gasteiger partial charge on any atom is -0.487 e. The number of thiazole rings is 1. The number of hydrogen-bond acceptors (Lipinski definition) is 3. The quantitative estimate of drug-likeness (QED) is 0.582. The third-order valence-electron chi connectivity index (χ3n) is 3.37. The number of halogens is 1. The third kappa shape index (κ3) is 1.63. The molecule has 4 heteroatoms. The summed E-state index contributed by atoms with van der Waals surface area (Å²) < 4.78 is 6.97. The summed E-state index contributed by atoms with van der Waals surface area (Å²) in [7, 11) is 0. The fourth-order valence-electron chi connectivity index (χ4n) is 2.57. The highest BCUT2D eigenvalue weighted by molar-refractivity contribution is 9.10. The maximum absolute atomic E-state index is 5.87. The number of aromatic nitrogens is 1. The van der Waals surface area contributed by atoms with E-state index in [4.69, 9.17) is 9.72 Å². The van der Waals surface area contributed by atoms with Gasteiger partial charge < -0.3 is 4.74 Å². The normalized spacial score (nSPS) is 12.9. The van der Waals surface area contributed by atoms with Crippen LogP contribution in [0.15, 0.2) is 34.8 Å². The molecule has 0 fully saturated rings. The van der Waals surface area contributed by atoms with Crippen molar-refractivity contribution >= 4 is 38.0 Å². The summed E-state index contributed by atoms with van der Waals surface area (Å²) in [5.41, 5.74) is 2.22. The average Bonchev–Trinajstić information content (AvgIpc) is 2.79. The lowest BCUT2D eigenvalue weighted by molar-refractivity contribution is 0.306. The Hall–Kier alpha value is -1.39. The largest absolute Gasteiger partial charge is 0.487 e. The predicted molar refractivity (Wildman–Crippen MR) is 81.8 cm³/mol. The van der Waals surface area contributed by atoms with Gasteiger partial charge in [-0.25, -0.2) is 4.98 Å². The van der Waals surface area contributed by atoms with Crippen LogP contribution in [0.2, 0.25) is 0 Å². The van der Waals surface area contributed by atoms with E-state index in [2.05, 4.69) is 40.2 Å². The number of aryl methyl sites for hydroxylation is 1. The fourth-order valence-corrected chi connectivity index (χ4v) is 3.92. The Bertz CT molecular complexity index is 809. The molecule has 0 saturated carbocycles. The van der Waals surface area contributed by atoms with Crippen LogP contribution in [0.1, 0.15) is 9.88 Å². The van der Waals surface area contributed by atoms with Gasteiger partial charge in [0.05, 0.1) is 21.1 Å². The molecule has 4 rings (SSSR count). The highest BCUT2D eigenvalue weighted by Gasteiger charge is 2.23. The second-order valence-corrected chi connectivity index (χ2v) is 6.71. The van der Waals surface area contributed by atoms with Gasteiger partial charge in [-0.05, 0) is 35.9 Å². The average molecular weight is 332 g/mol. The molecule has 94 valence electrons. The van der Waals surface area contributed by atoms with Crippen molar-refractivity contribution in [1.82, 2.24) is 4.98 Å². The summed E-state index contributed by atoms with van der Waals surface area (Å²) in [6.07, 6.45) is 0. The molecular formula is C15H10BrNOS. The highest BCUT2D eigenvalue weighted by atomic mass is 79.9. The Morgan fingerprint density at radius 3 is 3.00 bits per heavy atom. The van der Waals surface area contributed by atoms with Crippen LogP contribution in [0.5, 0.6) is 5.75 Å². The van der Waals surface area contributed by atoms with Gasteiger partial charge in [-0.3, -0.25) is 0 Å². The first-order valence-corrected chi connectivity index (χ1v) is 7.65. The Labute approximate surface area is 123 Å². The van der Waals surface area contributed by atoms with Crippen molar-refractivity contribution in [3.05, 3.63) is 44.7 Å². The standard InChI is InChI=1S/C15H10BrNOS/c1-8-17-15-13(19-8)7-18-12-6-5-9-10(14(12)15)3-2-4-11(9)16/h2-6H,7H2,1H3. The van der Waals surface area contributed by atoms with Gasteiger partial charge in [0.25, 0.3) is 0 Å². The molecule has 0 radical (unpaired) electrons. The molecule has 1 aliphatic rings. The second-order valence-electron chi connectivity index (χ2n) is 4.57. The van der Waals surface area contributed by atoms with Crippen molar-refractivity contribution in [2.24, 2.45) is 0 Å². The zero-order valence-electron chi connectivity index (χ0n) is 10.2. The Balaban J connectivity index is 2.15. The molecule has 0 atom stereocenters. The number of benzene rings is 2. The van der Waals surface area contributed by atoms with Crippen molar-refractivity contribution < 1.29 is 4.74 Å². The SMILES string of the molecule is Cc1nc2c(s1)COc1ccc3c(Br)cccc3c1-2. The van der Waals surface area contributed by atoms with E-state index in [9.17, 15) is 0 Å². The van der Waals surface area contributed by atoms with Crippen molar-refractivity contribution in [3.8, 4) is 17.0 Å². The zero-order chi connectivity index (χ0) is 13.0. The summed E-state index contributed by atoms with van der Waals surface area (Å²) in [6, 6.07) is 10.4. The molecule has 1 aromatic heterocycles. The van der Waals surface area contributed by atoms with Gasteiger partial charge in [0, 0.05) is 4.47 Å². The van der Waals surface area contributed by atoms with E-state index in [0.29, 0.717) is 6.61 Å². The molecule has 0 spiro atoms. The highest BCUT2D eigenvalue weighted by Crippen LogP contribution is 2.44. The van der Waals surface area contributed by atoms with E-state index < -0.39 is 0 Å². The number of fused-ring (bicyclic) bond motifs is 5. The molecule has 2 nitrogen and oxygen atoms in total. The van der Waals surface area contributed by atoms with Crippen molar-refractivity contribution in [1.29, 1.82) is 0 Å². The molecule has 2 heterocycles. The Morgan fingerprint density at radius 2 is 2.11 bits per heavy atom. The van der Waals surface area contributed by atoms with Crippen LogP contribution in [0, 0.1) is 6.92 Å². The second kappa shape index (κ2) is 4.05. The minimum absolute atomic E-state index is 0.632. The summed E-state index contributed by atoms with van der Waals surface area (Å²) >= 11 is 5.33. The van der Waals surface area contributed by atoms with Crippen LogP contribution in [0.3, 0.4) is 0 Å². The predicted octanol–water partition coefficient (Wildman–Crippen LogP) is 4.93. The van der Waals surface area contributed by atoms with Gasteiger partial charge in [0.2, 0.25) is 0 Å². The van der Waals surface area contributed by atoms with Gasteiger partial charge in [-0.15, -0.1) is 11.3 Å². The van der Waals surface area contributed by atoms with Crippen LogP contribution < -0.4 is 4.74 Å². The maximum Gasteiger partial charge on any atom is 0.129 e.